The molecular weight excluding hydrogens is 530 g/mol. The third kappa shape index (κ3) is 7.27. The Kier molecular flexibility index (Phi) is 10.6. The molecule has 0 saturated heterocycles. The van der Waals surface area contributed by atoms with Crippen LogP contribution in [0.25, 0.3) is 11.1 Å². The Balaban J connectivity index is 2.20. The van der Waals surface area contributed by atoms with Crippen molar-refractivity contribution in [3.63, 3.8) is 0 Å². The Bertz CT molecular complexity index is 1360. The van der Waals surface area contributed by atoms with Crippen LogP contribution in [-0.4, -0.2) is 58.8 Å². The standard InChI is InChI=1S/C30H39N3O8/c1-16(2)12-23(30(37)31-15-26(36)39-5)33-22-11-9-19-20(14-24(22)35)21(32-17(3)34)10-8-18-13-25(38-4)28(40-6)29(41-7)27(18)19/h9,11,13-14,16,21,23H,8,10,12,15H2,1-7H3,(H,31,37)(H,32,34)(H,33,35). The van der Waals surface area contributed by atoms with E-state index in [0.29, 0.717) is 47.6 Å². The smallest absolute Gasteiger partial charge is 0.325 e. The van der Waals surface area contributed by atoms with Crippen molar-refractivity contribution in [3.05, 3.63) is 45.6 Å². The van der Waals surface area contributed by atoms with Gasteiger partial charge in [0.05, 0.1) is 40.2 Å². The van der Waals surface area contributed by atoms with Crippen molar-refractivity contribution in [2.45, 2.75) is 52.1 Å². The molecule has 2 aromatic carbocycles. The van der Waals surface area contributed by atoms with Gasteiger partial charge in [0.1, 0.15) is 12.6 Å². The highest BCUT2D eigenvalue weighted by atomic mass is 16.5. The minimum absolute atomic E-state index is 0.114. The van der Waals surface area contributed by atoms with E-state index in [1.165, 1.54) is 34.3 Å². The van der Waals surface area contributed by atoms with Crippen LogP contribution in [-0.2, 0) is 25.5 Å². The first-order chi connectivity index (χ1) is 19.5. The molecule has 0 aliphatic heterocycles. The summed E-state index contributed by atoms with van der Waals surface area (Å²) in [5, 5.41) is 8.63. The number of carbonyl (C=O) groups is 3. The predicted molar refractivity (Wildman–Crippen MR) is 155 cm³/mol. The number of nitrogens with one attached hydrogen (secondary N) is 3. The lowest BCUT2D eigenvalue weighted by atomic mass is 9.95. The second-order valence-electron chi connectivity index (χ2n) is 10.2. The van der Waals surface area contributed by atoms with Gasteiger partial charge < -0.3 is 34.9 Å². The molecule has 0 bridgehead atoms. The second kappa shape index (κ2) is 13.9. The maximum absolute atomic E-state index is 13.6. The Hall–Kier alpha value is -4.28. The van der Waals surface area contributed by atoms with E-state index in [1.807, 2.05) is 19.9 Å². The van der Waals surface area contributed by atoms with Gasteiger partial charge in [-0.05, 0) is 60.1 Å². The van der Waals surface area contributed by atoms with Crippen LogP contribution >= 0.6 is 0 Å². The van der Waals surface area contributed by atoms with Gasteiger partial charge in [-0.1, -0.05) is 19.9 Å². The first-order valence-electron chi connectivity index (χ1n) is 13.4. The van der Waals surface area contributed by atoms with E-state index in [0.717, 1.165) is 11.1 Å². The predicted octanol–water partition coefficient (Wildman–Crippen LogP) is 2.98. The van der Waals surface area contributed by atoms with E-state index >= 15 is 0 Å². The Morgan fingerprint density at radius 1 is 1.00 bits per heavy atom. The fourth-order valence-corrected chi connectivity index (χ4v) is 5.07. The van der Waals surface area contributed by atoms with Gasteiger partial charge in [-0.3, -0.25) is 19.2 Å². The number of benzene rings is 1. The van der Waals surface area contributed by atoms with Gasteiger partial charge >= 0.3 is 5.97 Å². The maximum atomic E-state index is 13.6. The van der Waals surface area contributed by atoms with Crippen LogP contribution in [0, 0.1) is 5.92 Å². The first-order valence-corrected chi connectivity index (χ1v) is 13.4. The largest absolute Gasteiger partial charge is 0.493 e. The molecule has 2 unspecified atom stereocenters. The molecule has 41 heavy (non-hydrogen) atoms. The quantitative estimate of drug-likeness (QED) is 0.348. The highest BCUT2D eigenvalue weighted by Crippen LogP contribution is 2.50. The van der Waals surface area contributed by atoms with E-state index < -0.39 is 24.0 Å². The van der Waals surface area contributed by atoms with Crippen molar-refractivity contribution < 1.29 is 33.3 Å². The molecule has 2 amide bonds. The van der Waals surface area contributed by atoms with Gasteiger partial charge in [0, 0.05) is 12.5 Å². The van der Waals surface area contributed by atoms with Crippen LogP contribution in [0.2, 0.25) is 0 Å². The van der Waals surface area contributed by atoms with Gasteiger partial charge in [0.25, 0.3) is 0 Å². The molecule has 3 rings (SSSR count). The zero-order valence-electron chi connectivity index (χ0n) is 24.6. The van der Waals surface area contributed by atoms with Gasteiger partial charge in [-0.2, -0.15) is 0 Å². The summed E-state index contributed by atoms with van der Waals surface area (Å²) in [5.41, 5.74) is 2.75. The summed E-state index contributed by atoms with van der Waals surface area (Å²) in [5.74, 6) is 0.225. The number of carbonyl (C=O) groups excluding carboxylic acids is 3. The number of anilines is 1. The molecule has 2 aromatic rings. The number of esters is 1. The second-order valence-corrected chi connectivity index (χ2v) is 10.2. The molecule has 1 aliphatic rings. The fourth-order valence-electron chi connectivity index (χ4n) is 5.07. The SMILES string of the molecule is COC(=O)CNC(=O)C(CC(C)C)Nc1ccc2c(cc1=O)C(NC(C)=O)CCc1cc(OC)c(OC)c(OC)c1-2. The molecule has 0 spiro atoms. The van der Waals surface area contributed by atoms with Crippen LogP contribution in [0.5, 0.6) is 17.2 Å². The Morgan fingerprint density at radius 3 is 2.29 bits per heavy atom. The van der Waals surface area contributed by atoms with Gasteiger partial charge in [0.15, 0.2) is 11.5 Å². The summed E-state index contributed by atoms with van der Waals surface area (Å²) >= 11 is 0. The van der Waals surface area contributed by atoms with Crippen LogP contribution < -0.4 is 35.6 Å². The lowest BCUT2D eigenvalue weighted by molar-refractivity contribution is -0.141. The highest BCUT2D eigenvalue weighted by molar-refractivity contribution is 5.88. The molecule has 0 saturated carbocycles. The fraction of sp³-hybridized carbons (Fsp3) is 0.467. The highest BCUT2D eigenvalue weighted by Gasteiger charge is 2.30. The van der Waals surface area contributed by atoms with E-state index in [-0.39, 0.29) is 29.5 Å². The maximum Gasteiger partial charge on any atom is 0.325 e. The number of fused-ring (bicyclic) bond motifs is 3. The number of ether oxygens (including phenoxy) is 4. The topological polar surface area (TPSA) is 141 Å². The average molecular weight is 570 g/mol. The lowest BCUT2D eigenvalue weighted by Gasteiger charge is -2.20. The van der Waals surface area contributed by atoms with Crippen molar-refractivity contribution in [2.75, 3.05) is 40.3 Å². The molecule has 0 fully saturated rings. The third-order valence-electron chi connectivity index (χ3n) is 6.90. The number of aryl methyl sites for hydroxylation is 1. The van der Waals surface area contributed by atoms with Crippen molar-refractivity contribution in [2.24, 2.45) is 5.92 Å². The molecule has 2 atom stereocenters. The average Bonchev–Trinajstić information content (AvgIpc) is 3.18. The summed E-state index contributed by atoms with van der Waals surface area (Å²) in [6, 6.07) is 5.53. The molecule has 0 aromatic heterocycles. The lowest BCUT2D eigenvalue weighted by Crippen LogP contribution is -2.43. The van der Waals surface area contributed by atoms with Crippen molar-refractivity contribution >= 4 is 23.5 Å². The van der Waals surface area contributed by atoms with Crippen molar-refractivity contribution in [1.29, 1.82) is 0 Å². The summed E-state index contributed by atoms with van der Waals surface area (Å²) < 4.78 is 21.6. The molecule has 1 aliphatic carbocycles. The monoisotopic (exact) mass is 569 g/mol. The van der Waals surface area contributed by atoms with Crippen LogP contribution in [0.4, 0.5) is 5.69 Å². The number of hydrogen-bond acceptors (Lipinski definition) is 9. The summed E-state index contributed by atoms with van der Waals surface area (Å²) in [7, 11) is 5.84. The third-order valence-corrected chi connectivity index (χ3v) is 6.90. The van der Waals surface area contributed by atoms with Crippen LogP contribution in [0.15, 0.2) is 29.1 Å². The molecule has 0 heterocycles. The number of hydrogen-bond donors (Lipinski definition) is 3. The molecule has 11 nitrogen and oxygen atoms in total. The molecule has 3 N–H and O–H groups in total. The molecule has 0 radical (unpaired) electrons. The number of rotatable bonds is 11. The van der Waals surface area contributed by atoms with E-state index in [2.05, 4.69) is 20.7 Å². The zero-order chi connectivity index (χ0) is 30.3. The normalized spacial score (nSPS) is 14.5. The van der Waals surface area contributed by atoms with Crippen LogP contribution in [0.1, 0.15) is 50.8 Å². The molecule has 222 valence electrons. The molecule has 11 heteroatoms. The van der Waals surface area contributed by atoms with Gasteiger partial charge in [-0.15, -0.1) is 0 Å². The Labute approximate surface area is 239 Å². The number of amides is 2. The first kappa shape index (κ1) is 31.3. The van der Waals surface area contributed by atoms with Crippen molar-refractivity contribution in [3.8, 4) is 28.4 Å². The van der Waals surface area contributed by atoms with E-state index in [4.69, 9.17) is 14.2 Å². The minimum Gasteiger partial charge on any atom is -0.493 e. The zero-order valence-corrected chi connectivity index (χ0v) is 24.6. The summed E-state index contributed by atoms with van der Waals surface area (Å²) in [4.78, 5) is 50.3. The van der Waals surface area contributed by atoms with Crippen molar-refractivity contribution in [1.82, 2.24) is 10.6 Å². The van der Waals surface area contributed by atoms with E-state index in [9.17, 15) is 19.2 Å². The number of methoxy groups -OCH3 is 4. The minimum atomic E-state index is -0.785. The van der Waals surface area contributed by atoms with E-state index in [1.54, 1.807) is 19.2 Å². The van der Waals surface area contributed by atoms with Gasteiger partial charge in [0.2, 0.25) is 23.0 Å². The summed E-state index contributed by atoms with van der Waals surface area (Å²) in [6.07, 6.45) is 1.51. The summed E-state index contributed by atoms with van der Waals surface area (Å²) in [6.45, 7) is 5.06. The van der Waals surface area contributed by atoms with Crippen LogP contribution in [0.3, 0.4) is 0 Å². The van der Waals surface area contributed by atoms with Gasteiger partial charge in [-0.25, -0.2) is 0 Å². The Morgan fingerprint density at radius 2 is 1.71 bits per heavy atom. The molecular formula is C30H39N3O8.